The van der Waals surface area contributed by atoms with Crippen LogP contribution >= 0.6 is 0 Å². The molecule has 0 aliphatic carbocycles. The van der Waals surface area contributed by atoms with E-state index in [-0.39, 0.29) is 0 Å². The summed E-state index contributed by atoms with van der Waals surface area (Å²) in [4.78, 5) is 2.09. The average Bonchev–Trinajstić information content (AvgIpc) is 2.31. The molecule has 0 amide bonds. The molecule has 0 fully saturated rings. The molecule has 17 heavy (non-hydrogen) atoms. The zero-order valence-corrected chi connectivity index (χ0v) is 11.2. The molecule has 4 nitrogen and oxygen atoms in total. The molecule has 0 radical (unpaired) electrons. The van der Waals surface area contributed by atoms with Gasteiger partial charge in [0.05, 0.1) is 21.0 Å². The first kappa shape index (κ1) is 13.8. The molecule has 0 N–H and O–H groups in total. The number of ether oxygens (including phenoxy) is 3. The van der Waals surface area contributed by atoms with E-state index in [9.17, 15) is 0 Å². The lowest BCUT2D eigenvalue weighted by atomic mass is 10.1. The van der Waals surface area contributed by atoms with E-state index in [0.29, 0.717) is 6.73 Å². The van der Waals surface area contributed by atoms with E-state index >= 15 is 0 Å². The van der Waals surface area contributed by atoms with Gasteiger partial charge < -0.3 is 14.2 Å². The predicted octanol–water partition coefficient (Wildman–Crippen LogP) is 2.05. The van der Waals surface area contributed by atoms with Gasteiger partial charge in [0.1, 0.15) is 0 Å². The van der Waals surface area contributed by atoms with Crippen molar-refractivity contribution in [2.45, 2.75) is 13.5 Å². The molecular formula is C13H21NO3. The monoisotopic (exact) mass is 239 g/mol. The van der Waals surface area contributed by atoms with E-state index in [1.807, 2.05) is 19.2 Å². The molecule has 0 unspecified atom stereocenters. The number of aryl methyl sites for hydroxylation is 1. The molecule has 0 aliphatic rings. The van der Waals surface area contributed by atoms with Gasteiger partial charge in [-0.15, -0.1) is 0 Å². The summed E-state index contributed by atoms with van der Waals surface area (Å²) in [7, 11) is 7.00. The Morgan fingerprint density at radius 1 is 1.06 bits per heavy atom. The predicted molar refractivity (Wildman–Crippen MR) is 67.6 cm³/mol. The van der Waals surface area contributed by atoms with Crippen molar-refractivity contribution < 1.29 is 14.2 Å². The smallest absolute Gasteiger partial charge is 0.161 e. The van der Waals surface area contributed by atoms with E-state index in [1.54, 1.807) is 21.3 Å². The fourth-order valence-corrected chi connectivity index (χ4v) is 1.75. The molecule has 4 heteroatoms. The van der Waals surface area contributed by atoms with Gasteiger partial charge in [0.2, 0.25) is 0 Å². The molecule has 0 saturated carbocycles. The standard InChI is InChI=1S/C13H21NO3/c1-10-6-12(16-4)13(17-5)7-11(10)8-14(2)9-15-3/h6-7H,8-9H2,1-5H3. The molecule has 0 saturated heterocycles. The van der Waals surface area contributed by atoms with E-state index in [0.717, 1.165) is 18.0 Å². The van der Waals surface area contributed by atoms with Crippen LogP contribution in [0.5, 0.6) is 11.5 Å². The highest BCUT2D eigenvalue weighted by molar-refractivity contribution is 5.46. The summed E-state index contributed by atoms with van der Waals surface area (Å²) in [6.07, 6.45) is 0. The Bertz CT molecular complexity index is 366. The van der Waals surface area contributed by atoms with Gasteiger partial charge in [-0.25, -0.2) is 0 Å². The minimum Gasteiger partial charge on any atom is -0.493 e. The van der Waals surface area contributed by atoms with Crippen LogP contribution in [0.4, 0.5) is 0 Å². The maximum atomic E-state index is 5.30. The highest BCUT2D eigenvalue weighted by Crippen LogP contribution is 2.30. The molecule has 1 aromatic rings. The Morgan fingerprint density at radius 2 is 1.65 bits per heavy atom. The number of nitrogens with zero attached hydrogens (tertiary/aromatic N) is 1. The first-order chi connectivity index (χ1) is 8.12. The molecule has 0 heterocycles. The third kappa shape index (κ3) is 3.61. The normalized spacial score (nSPS) is 10.7. The fraction of sp³-hybridized carbons (Fsp3) is 0.538. The molecule has 0 aliphatic heterocycles. The van der Waals surface area contributed by atoms with E-state index in [1.165, 1.54) is 11.1 Å². The third-order valence-electron chi connectivity index (χ3n) is 2.63. The lowest BCUT2D eigenvalue weighted by Gasteiger charge is -2.18. The SMILES string of the molecule is COCN(C)Cc1cc(OC)c(OC)cc1C. The van der Waals surface area contributed by atoms with Crippen molar-refractivity contribution in [3.63, 3.8) is 0 Å². The minimum atomic E-state index is 0.605. The highest BCUT2D eigenvalue weighted by Gasteiger charge is 2.09. The van der Waals surface area contributed by atoms with Crippen molar-refractivity contribution >= 4 is 0 Å². The molecule has 1 aromatic carbocycles. The van der Waals surface area contributed by atoms with Gasteiger partial charge in [-0.3, -0.25) is 4.90 Å². The van der Waals surface area contributed by atoms with Crippen LogP contribution in [-0.2, 0) is 11.3 Å². The van der Waals surface area contributed by atoms with Crippen molar-refractivity contribution in [1.29, 1.82) is 0 Å². The molecule has 0 bridgehead atoms. The lowest BCUT2D eigenvalue weighted by molar-refractivity contribution is 0.0770. The molecule has 96 valence electrons. The van der Waals surface area contributed by atoms with Gasteiger partial charge in [-0.05, 0) is 37.2 Å². The average molecular weight is 239 g/mol. The van der Waals surface area contributed by atoms with Crippen LogP contribution in [-0.4, -0.2) is 40.0 Å². The van der Waals surface area contributed by atoms with Gasteiger partial charge in [0.25, 0.3) is 0 Å². The Hall–Kier alpha value is -1.26. The van der Waals surface area contributed by atoms with Crippen molar-refractivity contribution in [2.75, 3.05) is 35.1 Å². The summed E-state index contributed by atoms with van der Waals surface area (Å²) in [5.74, 6) is 1.53. The van der Waals surface area contributed by atoms with Crippen LogP contribution < -0.4 is 9.47 Å². The molecule has 0 spiro atoms. The van der Waals surface area contributed by atoms with E-state index in [4.69, 9.17) is 14.2 Å². The van der Waals surface area contributed by atoms with Crippen LogP contribution in [0.1, 0.15) is 11.1 Å². The van der Waals surface area contributed by atoms with Crippen molar-refractivity contribution in [3.05, 3.63) is 23.3 Å². The summed E-state index contributed by atoms with van der Waals surface area (Å²) >= 11 is 0. The number of hydrogen-bond acceptors (Lipinski definition) is 4. The summed E-state index contributed by atoms with van der Waals surface area (Å²) in [5.41, 5.74) is 2.40. The summed E-state index contributed by atoms with van der Waals surface area (Å²) in [6, 6.07) is 4.01. The second-order valence-corrected chi connectivity index (χ2v) is 4.07. The molecule has 0 aromatic heterocycles. The number of benzene rings is 1. The zero-order chi connectivity index (χ0) is 12.8. The lowest BCUT2D eigenvalue weighted by Crippen LogP contribution is -2.20. The summed E-state index contributed by atoms with van der Waals surface area (Å²) in [5, 5.41) is 0. The Morgan fingerprint density at radius 3 is 2.18 bits per heavy atom. The maximum Gasteiger partial charge on any atom is 0.161 e. The van der Waals surface area contributed by atoms with Crippen LogP contribution in [0.25, 0.3) is 0 Å². The molecule has 0 atom stereocenters. The highest BCUT2D eigenvalue weighted by atomic mass is 16.5. The second kappa shape index (κ2) is 6.47. The zero-order valence-electron chi connectivity index (χ0n) is 11.2. The van der Waals surface area contributed by atoms with E-state index < -0.39 is 0 Å². The quantitative estimate of drug-likeness (QED) is 0.711. The van der Waals surface area contributed by atoms with Crippen LogP contribution in [0.15, 0.2) is 12.1 Å². The number of rotatable bonds is 6. The van der Waals surface area contributed by atoms with Gasteiger partial charge in [0.15, 0.2) is 11.5 Å². The van der Waals surface area contributed by atoms with Gasteiger partial charge >= 0.3 is 0 Å². The Balaban J connectivity index is 2.92. The fourth-order valence-electron chi connectivity index (χ4n) is 1.75. The topological polar surface area (TPSA) is 30.9 Å². The number of hydrogen-bond donors (Lipinski definition) is 0. The minimum absolute atomic E-state index is 0.605. The molecular weight excluding hydrogens is 218 g/mol. The Kier molecular flexibility index (Phi) is 5.25. The second-order valence-electron chi connectivity index (χ2n) is 4.07. The van der Waals surface area contributed by atoms with Crippen LogP contribution in [0.3, 0.4) is 0 Å². The third-order valence-corrected chi connectivity index (χ3v) is 2.63. The van der Waals surface area contributed by atoms with Crippen LogP contribution in [0.2, 0.25) is 0 Å². The maximum absolute atomic E-state index is 5.30. The summed E-state index contributed by atoms with van der Waals surface area (Å²) < 4.78 is 15.6. The van der Waals surface area contributed by atoms with Gasteiger partial charge in [0, 0.05) is 13.7 Å². The first-order valence-electron chi connectivity index (χ1n) is 5.51. The van der Waals surface area contributed by atoms with Crippen molar-refractivity contribution in [1.82, 2.24) is 4.90 Å². The van der Waals surface area contributed by atoms with Crippen molar-refractivity contribution in [3.8, 4) is 11.5 Å². The van der Waals surface area contributed by atoms with Crippen LogP contribution in [0, 0.1) is 6.92 Å². The number of methoxy groups -OCH3 is 3. The summed E-state index contributed by atoms with van der Waals surface area (Å²) in [6.45, 7) is 3.49. The Labute approximate surface area is 103 Å². The van der Waals surface area contributed by atoms with E-state index in [2.05, 4.69) is 11.8 Å². The molecule has 1 rings (SSSR count). The van der Waals surface area contributed by atoms with Gasteiger partial charge in [-0.1, -0.05) is 0 Å². The van der Waals surface area contributed by atoms with Crippen molar-refractivity contribution in [2.24, 2.45) is 0 Å². The largest absolute Gasteiger partial charge is 0.493 e. The van der Waals surface area contributed by atoms with Gasteiger partial charge in [-0.2, -0.15) is 0 Å². The first-order valence-corrected chi connectivity index (χ1v) is 5.51.